The van der Waals surface area contributed by atoms with Crippen molar-refractivity contribution in [3.8, 4) is 11.8 Å². The van der Waals surface area contributed by atoms with Gasteiger partial charge in [-0.05, 0) is 42.0 Å². The summed E-state index contributed by atoms with van der Waals surface area (Å²) < 4.78 is 5.12. The van der Waals surface area contributed by atoms with Crippen LogP contribution >= 0.6 is 23.8 Å². The second kappa shape index (κ2) is 8.30. The lowest BCUT2D eigenvalue weighted by Gasteiger charge is -2.32. The van der Waals surface area contributed by atoms with Crippen LogP contribution in [-0.2, 0) is 4.79 Å². The molecule has 0 spiro atoms. The molecule has 4 N–H and O–H groups in total. The predicted octanol–water partition coefficient (Wildman–Crippen LogP) is 3.31. The number of carbonyl (C=O) groups excluding carboxylic acids is 1. The molecule has 0 radical (unpaired) electrons. The van der Waals surface area contributed by atoms with Gasteiger partial charge >= 0.3 is 0 Å². The van der Waals surface area contributed by atoms with Crippen LogP contribution in [0.25, 0.3) is 0 Å². The normalized spacial score (nSPS) is 18.8. The summed E-state index contributed by atoms with van der Waals surface area (Å²) in [6.07, 6.45) is 0. The van der Waals surface area contributed by atoms with E-state index < -0.39 is 11.8 Å². The van der Waals surface area contributed by atoms with Crippen LogP contribution in [0.1, 0.15) is 11.5 Å². The maximum atomic E-state index is 13.1. The van der Waals surface area contributed by atoms with Gasteiger partial charge in [-0.15, -0.1) is 0 Å². The van der Waals surface area contributed by atoms with Crippen LogP contribution in [0, 0.1) is 17.2 Å². The molecular formula is C20H17ClN4O2S. The SMILES string of the molecule is COc1ccc(NC(=O)[C@@H]2C(=S)NC(N)=C(C#N)[C@H]2c2ccc(Cl)cc2)cc1. The van der Waals surface area contributed by atoms with Crippen LogP contribution in [0.3, 0.4) is 0 Å². The van der Waals surface area contributed by atoms with Gasteiger partial charge in [-0.1, -0.05) is 36.0 Å². The summed E-state index contributed by atoms with van der Waals surface area (Å²) in [5, 5.41) is 15.8. The Morgan fingerprint density at radius 1 is 1.25 bits per heavy atom. The van der Waals surface area contributed by atoms with Crippen molar-refractivity contribution in [2.45, 2.75) is 5.92 Å². The Morgan fingerprint density at radius 3 is 2.46 bits per heavy atom. The summed E-state index contributed by atoms with van der Waals surface area (Å²) in [6, 6.07) is 16.0. The Morgan fingerprint density at radius 2 is 1.89 bits per heavy atom. The fraction of sp³-hybridized carbons (Fsp3) is 0.150. The molecule has 6 nitrogen and oxygen atoms in total. The first-order valence-electron chi connectivity index (χ1n) is 8.35. The summed E-state index contributed by atoms with van der Waals surface area (Å²) in [5.74, 6) is -0.937. The monoisotopic (exact) mass is 412 g/mol. The van der Waals surface area contributed by atoms with Gasteiger partial charge in [0.2, 0.25) is 5.91 Å². The van der Waals surface area contributed by atoms with Crippen molar-refractivity contribution < 1.29 is 9.53 Å². The minimum Gasteiger partial charge on any atom is -0.497 e. The molecule has 0 unspecified atom stereocenters. The Balaban J connectivity index is 1.97. The highest BCUT2D eigenvalue weighted by molar-refractivity contribution is 7.80. The largest absolute Gasteiger partial charge is 0.497 e. The number of carbonyl (C=O) groups is 1. The summed E-state index contributed by atoms with van der Waals surface area (Å²) in [5.41, 5.74) is 7.54. The van der Waals surface area contributed by atoms with Crippen molar-refractivity contribution in [1.82, 2.24) is 5.32 Å². The number of rotatable bonds is 4. The molecule has 1 amide bonds. The van der Waals surface area contributed by atoms with E-state index in [9.17, 15) is 10.1 Å². The number of nitrogens with two attached hydrogens (primary N) is 1. The number of nitrogens with one attached hydrogen (secondary N) is 2. The zero-order valence-electron chi connectivity index (χ0n) is 14.9. The first kappa shape index (κ1) is 19.7. The van der Waals surface area contributed by atoms with E-state index >= 15 is 0 Å². The molecule has 8 heteroatoms. The predicted molar refractivity (Wildman–Crippen MR) is 112 cm³/mol. The number of anilines is 1. The van der Waals surface area contributed by atoms with E-state index in [0.29, 0.717) is 16.5 Å². The number of amides is 1. The van der Waals surface area contributed by atoms with Crippen molar-refractivity contribution in [3.63, 3.8) is 0 Å². The maximum absolute atomic E-state index is 13.1. The van der Waals surface area contributed by atoms with Crippen molar-refractivity contribution in [2.24, 2.45) is 11.7 Å². The van der Waals surface area contributed by atoms with E-state index in [-0.39, 0.29) is 22.3 Å². The minimum atomic E-state index is -0.805. The van der Waals surface area contributed by atoms with E-state index in [1.165, 1.54) is 0 Å². The smallest absolute Gasteiger partial charge is 0.235 e. The van der Waals surface area contributed by atoms with E-state index in [1.54, 1.807) is 55.6 Å². The molecule has 1 aliphatic heterocycles. The molecule has 3 rings (SSSR count). The quantitative estimate of drug-likeness (QED) is 0.666. The van der Waals surface area contributed by atoms with Crippen molar-refractivity contribution in [2.75, 3.05) is 12.4 Å². The topological polar surface area (TPSA) is 100 Å². The Labute approximate surface area is 172 Å². The van der Waals surface area contributed by atoms with E-state index in [1.807, 2.05) is 0 Å². The number of nitrogens with zero attached hydrogens (tertiary/aromatic N) is 1. The van der Waals surface area contributed by atoms with Gasteiger partial charge in [-0.25, -0.2) is 0 Å². The zero-order chi connectivity index (χ0) is 20.3. The van der Waals surface area contributed by atoms with E-state index in [4.69, 9.17) is 34.3 Å². The molecule has 0 saturated carbocycles. The van der Waals surface area contributed by atoms with Crippen LogP contribution in [0.2, 0.25) is 5.02 Å². The van der Waals surface area contributed by atoms with Crippen LogP contribution in [-0.4, -0.2) is 18.0 Å². The number of allylic oxidation sites excluding steroid dienone is 1. The highest BCUT2D eigenvalue weighted by Crippen LogP contribution is 2.37. The molecule has 2 aromatic rings. The van der Waals surface area contributed by atoms with Crippen molar-refractivity contribution in [3.05, 3.63) is 70.5 Å². The second-order valence-electron chi connectivity index (χ2n) is 6.15. The summed E-state index contributed by atoms with van der Waals surface area (Å²) in [7, 11) is 1.57. The number of thiocarbonyl (C=S) groups is 1. The third-order valence-electron chi connectivity index (χ3n) is 4.46. The lowest BCUT2D eigenvalue weighted by Crippen LogP contribution is -2.46. The lowest BCUT2D eigenvalue weighted by molar-refractivity contribution is -0.118. The molecule has 0 saturated heterocycles. The third-order valence-corrected chi connectivity index (χ3v) is 5.07. The van der Waals surface area contributed by atoms with Crippen LogP contribution in [0.15, 0.2) is 59.9 Å². The van der Waals surface area contributed by atoms with E-state index in [2.05, 4.69) is 16.7 Å². The minimum absolute atomic E-state index is 0.154. The first-order valence-corrected chi connectivity index (χ1v) is 9.14. The number of hydrogen-bond donors (Lipinski definition) is 3. The second-order valence-corrected chi connectivity index (χ2v) is 7.03. The summed E-state index contributed by atoms with van der Waals surface area (Å²) >= 11 is 11.4. The van der Waals surface area contributed by atoms with Gasteiger partial charge in [0.25, 0.3) is 0 Å². The molecule has 0 bridgehead atoms. The molecule has 2 atom stereocenters. The molecule has 1 aliphatic rings. The average Bonchev–Trinajstić information content (AvgIpc) is 2.68. The van der Waals surface area contributed by atoms with Crippen molar-refractivity contribution >= 4 is 40.4 Å². The Bertz CT molecular complexity index is 981. The molecular weight excluding hydrogens is 396 g/mol. The summed E-state index contributed by atoms with van der Waals surface area (Å²) in [4.78, 5) is 13.3. The molecule has 142 valence electrons. The highest BCUT2D eigenvalue weighted by Gasteiger charge is 2.40. The van der Waals surface area contributed by atoms with E-state index in [0.717, 1.165) is 5.56 Å². The van der Waals surface area contributed by atoms with Gasteiger partial charge < -0.3 is 21.1 Å². The fourth-order valence-electron chi connectivity index (χ4n) is 3.09. The molecule has 0 fully saturated rings. The van der Waals surface area contributed by atoms with Gasteiger partial charge in [-0.3, -0.25) is 4.79 Å². The third kappa shape index (κ3) is 3.93. The number of methoxy groups -OCH3 is 1. The lowest BCUT2D eigenvalue weighted by atomic mass is 9.78. The zero-order valence-corrected chi connectivity index (χ0v) is 16.5. The molecule has 2 aromatic carbocycles. The van der Waals surface area contributed by atoms with Crippen LogP contribution in [0.4, 0.5) is 5.69 Å². The number of ether oxygens (including phenoxy) is 1. The molecule has 0 aliphatic carbocycles. The Kier molecular flexibility index (Phi) is 5.83. The number of nitriles is 1. The van der Waals surface area contributed by atoms with Crippen molar-refractivity contribution in [1.29, 1.82) is 5.26 Å². The van der Waals surface area contributed by atoms with Gasteiger partial charge in [0, 0.05) is 16.6 Å². The Hall–Kier alpha value is -3.08. The molecule has 1 heterocycles. The average molecular weight is 413 g/mol. The number of hydrogen-bond acceptors (Lipinski definition) is 5. The fourth-order valence-corrected chi connectivity index (χ4v) is 3.57. The molecule has 0 aromatic heterocycles. The summed E-state index contributed by atoms with van der Waals surface area (Å²) in [6.45, 7) is 0. The number of halogens is 1. The van der Waals surface area contributed by atoms with Gasteiger partial charge in [0.1, 0.15) is 17.5 Å². The van der Waals surface area contributed by atoms with Crippen LogP contribution in [0.5, 0.6) is 5.75 Å². The standard InChI is InChI=1S/C20H17ClN4O2S/c1-27-14-8-6-13(7-9-14)24-19(26)17-16(11-2-4-12(21)5-3-11)15(10-22)18(23)25-20(17)28/h2-9,16-17H,23H2,1H3,(H,24,26)(H,25,28)/t16-,17-/m1/s1. The maximum Gasteiger partial charge on any atom is 0.235 e. The molecule has 28 heavy (non-hydrogen) atoms. The van der Waals surface area contributed by atoms with Gasteiger partial charge in [0.15, 0.2) is 0 Å². The van der Waals surface area contributed by atoms with Crippen LogP contribution < -0.4 is 21.1 Å². The van der Waals surface area contributed by atoms with Gasteiger partial charge in [-0.2, -0.15) is 5.26 Å². The highest BCUT2D eigenvalue weighted by atomic mass is 35.5. The van der Waals surface area contributed by atoms with Gasteiger partial charge in [0.05, 0.1) is 23.7 Å². The first-order chi connectivity index (χ1) is 13.4. The number of benzene rings is 2.